The molecule has 1 aliphatic carbocycles. The van der Waals surface area contributed by atoms with E-state index in [2.05, 4.69) is 23.6 Å². The summed E-state index contributed by atoms with van der Waals surface area (Å²) in [6.07, 6.45) is 5.27. The Balaban J connectivity index is 1.83. The molecule has 2 fully saturated rings. The average Bonchev–Trinajstić information content (AvgIpc) is 2.30. The molecule has 1 saturated heterocycles. The Morgan fingerprint density at radius 1 is 1.00 bits per heavy atom. The third kappa shape index (κ3) is 2.76. The molecule has 0 aromatic heterocycles. The Bertz CT molecular complexity index is 209. The van der Waals surface area contributed by atoms with Crippen LogP contribution in [0.4, 0.5) is 0 Å². The highest BCUT2D eigenvalue weighted by molar-refractivity contribution is 4.88. The normalized spacial score (nSPS) is 34.5. The van der Waals surface area contributed by atoms with Gasteiger partial charge in [-0.05, 0) is 26.7 Å². The summed E-state index contributed by atoms with van der Waals surface area (Å²) >= 11 is 0. The number of nitrogens with zero attached hydrogens (tertiary/aromatic N) is 2. The van der Waals surface area contributed by atoms with Gasteiger partial charge in [-0.1, -0.05) is 12.8 Å². The Kier molecular flexibility index (Phi) is 4.22. The summed E-state index contributed by atoms with van der Waals surface area (Å²) in [6.45, 7) is 9.47. The van der Waals surface area contributed by atoms with Crippen LogP contribution in [-0.2, 0) is 0 Å². The van der Waals surface area contributed by atoms with E-state index >= 15 is 0 Å². The second-order valence-electron chi connectivity index (χ2n) is 5.68. The maximum absolute atomic E-state index is 6.25. The lowest BCUT2D eigenvalue weighted by Gasteiger charge is -2.44. The molecule has 1 aliphatic heterocycles. The quantitative estimate of drug-likeness (QED) is 0.768. The van der Waals surface area contributed by atoms with Crippen molar-refractivity contribution >= 4 is 0 Å². The van der Waals surface area contributed by atoms with E-state index in [1.54, 1.807) is 0 Å². The van der Waals surface area contributed by atoms with Crippen LogP contribution in [0.15, 0.2) is 0 Å². The summed E-state index contributed by atoms with van der Waals surface area (Å²) < 4.78 is 0. The summed E-state index contributed by atoms with van der Waals surface area (Å²) in [4.78, 5) is 5.22. The van der Waals surface area contributed by atoms with Crippen molar-refractivity contribution in [2.75, 3.05) is 26.2 Å². The molecule has 0 bridgehead atoms. The van der Waals surface area contributed by atoms with E-state index in [-0.39, 0.29) is 0 Å². The zero-order chi connectivity index (χ0) is 11.5. The molecule has 2 N–H and O–H groups in total. The fraction of sp³-hybridized carbons (Fsp3) is 1.00. The molecule has 2 atom stereocenters. The highest BCUT2D eigenvalue weighted by Gasteiger charge is 2.30. The third-order valence-electron chi connectivity index (χ3n) is 4.33. The van der Waals surface area contributed by atoms with E-state index in [1.807, 2.05) is 0 Å². The minimum atomic E-state index is 0.430. The smallest absolute Gasteiger partial charge is 0.0248 e. The Morgan fingerprint density at radius 3 is 2.19 bits per heavy atom. The van der Waals surface area contributed by atoms with E-state index in [4.69, 9.17) is 5.73 Å². The van der Waals surface area contributed by atoms with Crippen molar-refractivity contribution < 1.29 is 0 Å². The molecule has 0 amide bonds. The first kappa shape index (κ1) is 12.3. The van der Waals surface area contributed by atoms with Crippen LogP contribution in [0.5, 0.6) is 0 Å². The van der Waals surface area contributed by atoms with Crippen molar-refractivity contribution in [1.29, 1.82) is 0 Å². The maximum atomic E-state index is 6.25. The summed E-state index contributed by atoms with van der Waals surface area (Å²) in [5.74, 6) is 0. The molecule has 94 valence electrons. The molecular formula is C13H27N3. The topological polar surface area (TPSA) is 32.5 Å². The summed E-state index contributed by atoms with van der Waals surface area (Å²) in [6, 6.07) is 1.80. The van der Waals surface area contributed by atoms with Crippen LogP contribution < -0.4 is 5.73 Å². The lowest BCUT2D eigenvalue weighted by atomic mass is 9.89. The van der Waals surface area contributed by atoms with E-state index in [0.29, 0.717) is 18.1 Å². The van der Waals surface area contributed by atoms with Gasteiger partial charge in [0.15, 0.2) is 0 Å². The number of hydrogen-bond acceptors (Lipinski definition) is 3. The Labute approximate surface area is 100.0 Å². The van der Waals surface area contributed by atoms with E-state index < -0.39 is 0 Å². The highest BCUT2D eigenvalue weighted by Crippen LogP contribution is 2.23. The average molecular weight is 225 g/mol. The first-order valence-electron chi connectivity index (χ1n) is 6.92. The van der Waals surface area contributed by atoms with Crippen LogP contribution in [-0.4, -0.2) is 54.1 Å². The van der Waals surface area contributed by atoms with Gasteiger partial charge in [0.2, 0.25) is 0 Å². The molecule has 1 heterocycles. The second-order valence-corrected chi connectivity index (χ2v) is 5.68. The minimum Gasteiger partial charge on any atom is -0.326 e. The molecule has 0 aromatic carbocycles. The zero-order valence-corrected chi connectivity index (χ0v) is 10.9. The van der Waals surface area contributed by atoms with Crippen molar-refractivity contribution in [3.63, 3.8) is 0 Å². The standard InChI is InChI=1S/C13H27N3/c1-11(2)15-7-9-16(10-8-15)13-6-4-3-5-12(13)14/h11-13H,3-10,14H2,1-2H3. The number of piperazine rings is 1. The van der Waals surface area contributed by atoms with Crippen LogP contribution in [0.3, 0.4) is 0 Å². The third-order valence-corrected chi connectivity index (χ3v) is 4.33. The van der Waals surface area contributed by atoms with E-state index in [0.717, 1.165) is 0 Å². The molecular weight excluding hydrogens is 198 g/mol. The predicted molar refractivity (Wildman–Crippen MR) is 68.5 cm³/mol. The van der Waals surface area contributed by atoms with Crippen molar-refractivity contribution in [3.8, 4) is 0 Å². The van der Waals surface area contributed by atoms with Gasteiger partial charge < -0.3 is 5.73 Å². The molecule has 1 saturated carbocycles. The van der Waals surface area contributed by atoms with Crippen molar-refractivity contribution in [2.45, 2.75) is 57.7 Å². The highest BCUT2D eigenvalue weighted by atomic mass is 15.3. The van der Waals surface area contributed by atoms with Crippen LogP contribution in [0, 0.1) is 0 Å². The monoisotopic (exact) mass is 225 g/mol. The summed E-state index contributed by atoms with van der Waals surface area (Å²) in [5.41, 5.74) is 6.25. The Hall–Kier alpha value is -0.120. The lowest BCUT2D eigenvalue weighted by Crippen LogP contribution is -2.57. The summed E-state index contributed by atoms with van der Waals surface area (Å²) in [7, 11) is 0. The predicted octanol–water partition coefficient (Wildman–Crippen LogP) is 1.28. The van der Waals surface area contributed by atoms with Crippen molar-refractivity contribution in [1.82, 2.24) is 9.80 Å². The fourth-order valence-corrected chi connectivity index (χ4v) is 3.18. The molecule has 0 spiro atoms. The van der Waals surface area contributed by atoms with Crippen LogP contribution in [0.1, 0.15) is 39.5 Å². The molecule has 2 unspecified atom stereocenters. The first-order chi connectivity index (χ1) is 7.68. The van der Waals surface area contributed by atoms with Gasteiger partial charge in [-0.3, -0.25) is 9.80 Å². The second kappa shape index (κ2) is 5.48. The number of hydrogen-bond donors (Lipinski definition) is 1. The molecule has 3 heteroatoms. The van der Waals surface area contributed by atoms with Gasteiger partial charge in [0.1, 0.15) is 0 Å². The van der Waals surface area contributed by atoms with Gasteiger partial charge in [0.25, 0.3) is 0 Å². The Morgan fingerprint density at radius 2 is 1.62 bits per heavy atom. The molecule has 2 rings (SSSR count). The van der Waals surface area contributed by atoms with E-state index in [1.165, 1.54) is 51.9 Å². The maximum Gasteiger partial charge on any atom is 0.0248 e. The fourth-order valence-electron chi connectivity index (χ4n) is 3.18. The molecule has 16 heavy (non-hydrogen) atoms. The molecule has 0 aromatic rings. The zero-order valence-electron chi connectivity index (χ0n) is 10.9. The molecule has 2 aliphatic rings. The molecule has 0 radical (unpaired) electrons. The van der Waals surface area contributed by atoms with Crippen LogP contribution in [0.25, 0.3) is 0 Å². The number of rotatable bonds is 2. The minimum absolute atomic E-state index is 0.430. The largest absolute Gasteiger partial charge is 0.326 e. The molecule has 3 nitrogen and oxygen atoms in total. The van der Waals surface area contributed by atoms with E-state index in [9.17, 15) is 0 Å². The van der Waals surface area contributed by atoms with Gasteiger partial charge in [0.05, 0.1) is 0 Å². The SMILES string of the molecule is CC(C)N1CCN(C2CCCCC2N)CC1. The van der Waals surface area contributed by atoms with Gasteiger partial charge >= 0.3 is 0 Å². The van der Waals surface area contributed by atoms with Gasteiger partial charge in [-0.25, -0.2) is 0 Å². The van der Waals surface area contributed by atoms with Gasteiger partial charge in [-0.2, -0.15) is 0 Å². The number of nitrogens with two attached hydrogens (primary N) is 1. The van der Waals surface area contributed by atoms with Crippen LogP contribution >= 0.6 is 0 Å². The first-order valence-corrected chi connectivity index (χ1v) is 6.92. The van der Waals surface area contributed by atoms with Crippen molar-refractivity contribution in [3.05, 3.63) is 0 Å². The van der Waals surface area contributed by atoms with Gasteiger partial charge in [0, 0.05) is 44.3 Å². The summed E-state index contributed by atoms with van der Waals surface area (Å²) in [5, 5.41) is 0. The van der Waals surface area contributed by atoms with Gasteiger partial charge in [-0.15, -0.1) is 0 Å². The lowest BCUT2D eigenvalue weighted by molar-refractivity contribution is 0.0564. The van der Waals surface area contributed by atoms with Crippen molar-refractivity contribution in [2.24, 2.45) is 5.73 Å². The van der Waals surface area contributed by atoms with Crippen LogP contribution in [0.2, 0.25) is 0 Å².